The number of benzene rings is 1. The van der Waals surface area contributed by atoms with Crippen LogP contribution in [0.3, 0.4) is 0 Å². The molecule has 2 rings (SSSR count). The van der Waals surface area contributed by atoms with Gasteiger partial charge in [-0.25, -0.2) is 0 Å². The van der Waals surface area contributed by atoms with E-state index >= 15 is 0 Å². The van der Waals surface area contributed by atoms with Crippen LogP contribution in [0.1, 0.15) is 26.3 Å². The molecule has 0 saturated carbocycles. The van der Waals surface area contributed by atoms with Crippen molar-refractivity contribution in [3.63, 3.8) is 0 Å². The molecule has 1 aliphatic heterocycles. The molecule has 1 N–H and O–H groups in total. The number of nitrogens with one attached hydrogen (secondary N) is 1. The SMILES string of the molecule is COc1ccc(/C=C2\SC(=O)N(CCNC(=O)C(C)(C)C)C2=O)cc1. The van der Waals surface area contributed by atoms with Crippen molar-refractivity contribution in [3.8, 4) is 5.75 Å². The predicted molar refractivity (Wildman–Crippen MR) is 98.1 cm³/mol. The summed E-state index contributed by atoms with van der Waals surface area (Å²) in [6.07, 6.45) is 1.68. The largest absolute Gasteiger partial charge is 0.497 e. The van der Waals surface area contributed by atoms with Crippen LogP contribution in [0, 0.1) is 5.41 Å². The van der Waals surface area contributed by atoms with Crippen molar-refractivity contribution < 1.29 is 19.1 Å². The predicted octanol–water partition coefficient (Wildman–Crippen LogP) is 2.89. The first kappa shape index (κ1) is 19.1. The molecule has 1 aromatic carbocycles. The fourth-order valence-electron chi connectivity index (χ4n) is 2.09. The molecule has 0 aliphatic carbocycles. The van der Waals surface area contributed by atoms with Gasteiger partial charge in [0.25, 0.3) is 11.1 Å². The molecule has 0 unspecified atom stereocenters. The second kappa shape index (κ2) is 7.74. The van der Waals surface area contributed by atoms with Gasteiger partial charge in [-0.3, -0.25) is 19.3 Å². The van der Waals surface area contributed by atoms with Crippen molar-refractivity contribution in [3.05, 3.63) is 34.7 Å². The zero-order valence-corrected chi connectivity index (χ0v) is 15.6. The highest BCUT2D eigenvalue weighted by Gasteiger charge is 2.34. The quantitative estimate of drug-likeness (QED) is 0.815. The number of thioether (sulfide) groups is 1. The highest BCUT2D eigenvalue weighted by Crippen LogP contribution is 2.32. The topological polar surface area (TPSA) is 75.7 Å². The lowest BCUT2D eigenvalue weighted by Gasteiger charge is -2.19. The van der Waals surface area contributed by atoms with Gasteiger partial charge in [-0.1, -0.05) is 32.9 Å². The summed E-state index contributed by atoms with van der Waals surface area (Å²) in [4.78, 5) is 37.8. The monoisotopic (exact) mass is 362 g/mol. The highest BCUT2D eigenvalue weighted by atomic mass is 32.2. The van der Waals surface area contributed by atoms with Gasteiger partial charge in [-0.05, 0) is 35.5 Å². The molecule has 6 nitrogen and oxygen atoms in total. The third kappa shape index (κ3) is 4.85. The Bertz CT molecular complexity index is 705. The molecule has 1 heterocycles. The van der Waals surface area contributed by atoms with Gasteiger partial charge in [0.1, 0.15) is 5.75 Å². The number of carbonyl (C=O) groups is 3. The van der Waals surface area contributed by atoms with Gasteiger partial charge in [0.05, 0.1) is 12.0 Å². The third-order valence-electron chi connectivity index (χ3n) is 3.59. The maximum Gasteiger partial charge on any atom is 0.293 e. The number of nitrogens with zero attached hydrogens (tertiary/aromatic N) is 1. The van der Waals surface area contributed by atoms with Crippen LogP contribution in [0.4, 0.5) is 4.79 Å². The molecule has 1 fully saturated rings. The summed E-state index contributed by atoms with van der Waals surface area (Å²) in [7, 11) is 1.58. The normalized spacial score (nSPS) is 16.5. The van der Waals surface area contributed by atoms with Crippen LogP contribution >= 0.6 is 11.8 Å². The number of methoxy groups -OCH3 is 1. The first-order chi connectivity index (χ1) is 11.7. The zero-order valence-electron chi connectivity index (χ0n) is 14.8. The van der Waals surface area contributed by atoms with E-state index in [4.69, 9.17) is 4.74 Å². The average Bonchev–Trinajstić information content (AvgIpc) is 2.82. The van der Waals surface area contributed by atoms with Crippen LogP contribution < -0.4 is 10.1 Å². The van der Waals surface area contributed by atoms with Crippen molar-refractivity contribution in [2.75, 3.05) is 20.2 Å². The lowest BCUT2D eigenvalue weighted by molar-refractivity contribution is -0.129. The summed E-state index contributed by atoms with van der Waals surface area (Å²) in [5.74, 6) is 0.268. The Morgan fingerprint density at radius 3 is 2.44 bits per heavy atom. The van der Waals surface area contributed by atoms with Crippen molar-refractivity contribution in [2.24, 2.45) is 5.41 Å². The van der Waals surface area contributed by atoms with E-state index in [-0.39, 0.29) is 30.1 Å². The van der Waals surface area contributed by atoms with E-state index in [1.165, 1.54) is 0 Å². The van der Waals surface area contributed by atoms with Gasteiger partial charge in [0.15, 0.2) is 0 Å². The number of imide groups is 1. The Labute approximate surface area is 151 Å². The second-order valence-electron chi connectivity index (χ2n) is 6.61. The molecule has 3 amide bonds. The van der Waals surface area contributed by atoms with E-state index in [9.17, 15) is 14.4 Å². The molecule has 1 aromatic rings. The minimum atomic E-state index is -0.507. The maximum atomic E-state index is 12.4. The lowest BCUT2D eigenvalue weighted by Crippen LogP contribution is -2.41. The molecule has 0 atom stereocenters. The molecular weight excluding hydrogens is 340 g/mol. The first-order valence-electron chi connectivity index (χ1n) is 7.90. The molecule has 7 heteroatoms. The molecule has 0 radical (unpaired) electrons. The van der Waals surface area contributed by atoms with Gasteiger partial charge in [0, 0.05) is 18.5 Å². The minimum absolute atomic E-state index is 0.117. The molecule has 0 bridgehead atoms. The number of carbonyl (C=O) groups excluding carboxylic acids is 3. The fourth-order valence-corrected chi connectivity index (χ4v) is 2.96. The molecule has 134 valence electrons. The Morgan fingerprint density at radius 1 is 1.24 bits per heavy atom. The van der Waals surface area contributed by atoms with Gasteiger partial charge < -0.3 is 10.1 Å². The number of ether oxygens (including phenoxy) is 1. The van der Waals surface area contributed by atoms with Crippen LogP contribution in [0.25, 0.3) is 6.08 Å². The lowest BCUT2D eigenvalue weighted by atomic mass is 9.96. The molecular formula is C18H22N2O4S. The fraction of sp³-hybridized carbons (Fsp3) is 0.389. The zero-order chi connectivity index (χ0) is 18.6. The minimum Gasteiger partial charge on any atom is -0.497 e. The third-order valence-corrected chi connectivity index (χ3v) is 4.50. The van der Waals surface area contributed by atoms with E-state index in [0.29, 0.717) is 4.91 Å². The van der Waals surface area contributed by atoms with Gasteiger partial charge in [-0.2, -0.15) is 0 Å². The van der Waals surface area contributed by atoms with Crippen LogP contribution in [-0.4, -0.2) is 42.2 Å². The summed E-state index contributed by atoms with van der Waals surface area (Å²) in [6, 6.07) is 7.21. The second-order valence-corrected chi connectivity index (χ2v) is 7.61. The summed E-state index contributed by atoms with van der Waals surface area (Å²) in [6.45, 7) is 5.82. The Balaban J connectivity index is 1.99. The van der Waals surface area contributed by atoms with E-state index in [0.717, 1.165) is 28.0 Å². The van der Waals surface area contributed by atoms with Crippen molar-refractivity contribution in [1.82, 2.24) is 10.2 Å². The summed E-state index contributed by atoms with van der Waals surface area (Å²) in [5, 5.41) is 2.42. The molecule has 1 saturated heterocycles. The van der Waals surface area contributed by atoms with Crippen LogP contribution in [0.2, 0.25) is 0 Å². The van der Waals surface area contributed by atoms with Crippen LogP contribution in [0.5, 0.6) is 5.75 Å². The van der Waals surface area contributed by atoms with E-state index in [2.05, 4.69) is 5.32 Å². The van der Waals surface area contributed by atoms with E-state index in [1.54, 1.807) is 46.1 Å². The Hall–Kier alpha value is -2.28. The Morgan fingerprint density at radius 2 is 1.88 bits per heavy atom. The highest BCUT2D eigenvalue weighted by molar-refractivity contribution is 8.18. The number of hydrogen-bond donors (Lipinski definition) is 1. The Kier molecular flexibility index (Phi) is 5.89. The van der Waals surface area contributed by atoms with Crippen LogP contribution in [-0.2, 0) is 9.59 Å². The van der Waals surface area contributed by atoms with Crippen LogP contribution in [0.15, 0.2) is 29.2 Å². The van der Waals surface area contributed by atoms with Gasteiger partial charge in [-0.15, -0.1) is 0 Å². The average molecular weight is 362 g/mol. The smallest absolute Gasteiger partial charge is 0.293 e. The number of hydrogen-bond acceptors (Lipinski definition) is 5. The van der Waals surface area contributed by atoms with Gasteiger partial charge in [0.2, 0.25) is 5.91 Å². The number of rotatable bonds is 5. The van der Waals surface area contributed by atoms with Gasteiger partial charge >= 0.3 is 0 Å². The summed E-state index contributed by atoms with van der Waals surface area (Å²) < 4.78 is 5.09. The summed E-state index contributed by atoms with van der Waals surface area (Å²) in [5.41, 5.74) is 0.306. The first-order valence-corrected chi connectivity index (χ1v) is 8.72. The number of amides is 3. The molecule has 0 aromatic heterocycles. The molecule has 0 spiro atoms. The van der Waals surface area contributed by atoms with E-state index < -0.39 is 5.41 Å². The standard InChI is InChI=1S/C18H22N2O4S/c1-18(2,3)16(22)19-9-10-20-15(21)14(25-17(20)23)11-12-5-7-13(24-4)8-6-12/h5-8,11H,9-10H2,1-4H3,(H,19,22)/b14-11-. The molecule has 1 aliphatic rings. The van der Waals surface area contributed by atoms with Crippen molar-refractivity contribution >= 4 is 34.9 Å². The van der Waals surface area contributed by atoms with Crippen molar-refractivity contribution in [2.45, 2.75) is 20.8 Å². The van der Waals surface area contributed by atoms with E-state index in [1.807, 2.05) is 12.1 Å². The molecule has 25 heavy (non-hydrogen) atoms. The summed E-state index contributed by atoms with van der Waals surface area (Å²) >= 11 is 0.906. The van der Waals surface area contributed by atoms with Crippen molar-refractivity contribution in [1.29, 1.82) is 0 Å². The maximum absolute atomic E-state index is 12.4.